The minimum absolute atomic E-state index is 0.128. The van der Waals surface area contributed by atoms with Gasteiger partial charge in [0, 0.05) is 25.4 Å². The van der Waals surface area contributed by atoms with Crippen LogP contribution in [0.1, 0.15) is 63.0 Å². The van der Waals surface area contributed by atoms with Crippen LogP contribution >= 0.6 is 0 Å². The molecule has 0 aliphatic carbocycles. The largest absolute Gasteiger partial charge is 0.465 e. The van der Waals surface area contributed by atoms with E-state index in [2.05, 4.69) is 13.2 Å². The van der Waals surface area contributed by atoms with Crippen molar-refractivity contribution < 1.29 is 29.0 Å². The van der Waals surface area contributed by atoms with E-state index in [4.69, 9.17) is 9.47 Å². The molecular formula is C32H44N2O6. The molecule has 3 aliphatic heterocycles. The van der Waals surface area contributed by atoms with Crippen molar-refractivity contribution in [3.05, 3.63) is 54.6 Å². The number of carbonyl (C=O) groups is 3. The van der Waals surface area contributed by atoms with Gasteiger partial charge >= 0.3 is 5.97 Å². The van der Waals surface area contributed by atoms with Gasteiger partial charge in [0.05, 0.1) is 18.1 Å². The first kappa shape index (κ1) is 30.0. The van der Waals surface area contributed by atoms with Crippen LogP contribution in [0.4, 0.5) is 5.69 Å². The van der Waals surface area contributed by atoms with Crippen LogP contribution in [0.3, 0.4) is 0 Å². The van der Waals surface area contributed by atoms with E-state index >= 15 is 0 Å². The summed E-state index contributed by atoms with van der Waals surface area (Å²) in [6.45, 7) is 14.4. The van der Waals surface area contributed by atoms with E-state index in [1.165, 1.54) is 0 Å². The first-order valence-corrected chi connectivity index (χ1v) is 14.5. The zero-order valence-electron chi connectivity index (χ0n) is 24.2. The molecule has 2 unspecified atom stereocenters. The molecule has 0 radical (unpaired) electrons. The number of aliphatic hydroxyl groups excluding tert-OH is 1. The van der Waals surface area contributed by atoms with Crippen molar-refractivity contribution in [2.24, 2.45) is 11.8 Å². The Morgan fingerprint density at radius 1 is 1.15 bits per heavy atom. The number of benzene rings is 1. The quantitative estimate of drug-likeness (QED) is 0.211. The molecule has 8 nitrogen and oxygen atoms in total. The lowest BCUT2D eigenvalue weighted by Gasteiger charge is -2.37. The first-order valence-electron chi connectivity index (χ1n) is 14.5. The third-order valence-corrected chi connectivity index (χ3v) is 8.93. The Morgan fingerprint density at radius 3 is 2.50 bits per heavy atom. The average molecular weight is 553 g/mol. The smallest absolute Gasteiger partial charge is 0.312 e. The molecule has 3 fully saturated rings. The van der Waals surface area contributed by atoms with E-state index in [0.717, 1.165) is 29.7 Å². The van der Waals surface area contributed by atoms with Crippen LogP contribution in [0.2, 0.25) is 0 Å². The molecule has 4 rings (SSSR count). The molecule has 1 aromatic carbocycles. The molecule has 40 heavy (non-hydrogen) atoms. The van der Waals surface area contributed by atoms with E-state index in [1.54, 1.807) is 22.0 Å². The highest BCUT2D eigenvalue weighted by atomic mass is 16.6. The Labute approximate surface area is 238 Å². The summed E-state index contributed by atoms with van der Waals surface area (Å²) in [6, 6.07) is 5.04. The van der Waals surface area contributed by atoms with Crippen molar-refractivity contribution in [2.45, 2.75) is 83.0 Å². The van der Waals surface area contributed by atoms with Crippen molar-refractivity contribution in [3.8, 4) is 0 Å². The van der Waals surface area contributed by atoms with Crippen molar-refractivity contribution >= 4 is 23.5 Å². The minimum atomic E-state index is -1.11. The molecule has 3 saturated heterocycles. The number of likely N-dealkylation sites (tertiary alicyclic amines) is 1. The van der Waals surface area contributed by atoms with Gasteiger partial charge in [-0.05, 0) is 64.0 Å². The number of unbranched alkanes of at least 4 members (excludes halogenated alkanes) is 3. The number of nitrogens with zero attached hydrogens (tertiary/aromatic N) is 2. The number of esters is 1. The fourth-order valence-corrected chi connectivity index (χ4v) is 7.18. The van der Waals surface area contributed by atoms with Crippen LogP contribution in [0.15, 0.2) is 43.5 Å². The monoisotopic (exact) mass is 552 g/mol. The summed E-state index contributed by atoms with van der Waals surface area (Å²) in [5.74, 6) is -2.43. The number of para-hydroxylation sites is 1. The Kier molecular flexibility index (Phi) is 9.20. The summed E-state index contributed by atoms with van der Waals surface area (Å²) < 4.78 is 12.3. The molecule has 3 aliphatic rings. The van der Waals surface area contributed by atoms with Gasteiger partial charge in [0.15, 0.2) is 0 Å². The molecular weight excluding hydrogens is 508 g/mol. The predicted molar refractivity (Wildman–Crippen MR) is 154 cm³/mol. The second kappa shape index (κ2) is 12.3. The summed E-state index contributed by atoms with van der Waals surface area (Å²) in [7, 11) is 0. The highest BCUT2D eigenvalue weighted by Gasteiger charge is 2.78. The molecule has 1 N–H and O–H groups in total. The molecule has 2 bridgehead atoms. The lowest BCUT2D eigenvalue weighted by atomic mass is 9.66. The van der Waals surface area contributed by atoms with Gasteiger partial charge in [-0.15, -0.1) is 13.2 Å². The molecule has 218 valence electrons. The summed E-state index contributed by atoms with van der Waals surface area (Å²) >= 11 is 0. The number of carbonyl (C=O) groups excluding carboxylic acids is 3. The van der Waals surface area contributed by atoms with Crippen molar-refractivity contribution in [3.63, 3.8) is 0 Å². The highest BCUT2D eigenvalue weighted by molar-refractivity contribution is 6.05. The predicted octanol–water partition coefficient (Wildman–Crippen LogP) is 4.26. The number of hydrogen-bond acceptors (Lipinski definition) is 6. The van der Waals surface area contributed by atoms with Crippen LogP contribution in [0, 0.1) is 25.7 Å². The summed E-state index contributed by atoms with van der Waals surface area (Å²) in [5, 5.41) is 9.17. The van der Waals surface area contributed by atoms with Gasteiger partial charge in [0.1, 0.15) is 17.6 Å². The zero-order valence-corrected chi connectivity index (χ0v) is 24.2. The van der Waals surface area contributed by atoms with E-state index in [1.807, 2.05) is 39.0 Å². The highest BCUT2D eigenvalue weighted by Crippen LogP contribution is 2.63. The van der Waals surface area contributed by atoms with Crippen molar-refractivity contribution in [1.29, 1.82) is 0 Å². The van der Waals surface area contributed by atoms with Crippen LogP contribution < -0.4 is 4.90 Å². The second-order valence-corrected chi connectivity index (χ2v) is 11.6. The molecule has 2 amide bonds. The lowest BCUT2D eigenvalue weighted by Crippen LogP contribution is -2.56. The van der Waals surface area contributed by atoms with Gasteiger partial charge in [-0.25, -0.2) is 0 Å². The Hall–Kier alpha value is -2.97. The minimum Gasteiger partial charge on any atom is -0.465 e. The fourth-order valence-electron chi connectivity index (χ4n) is 7.18. The second-order valence-electron chi connectivity index (χ2n) is 11.6. The molecule has 0 aromatic heterocycles. The van der Waals surface area contributed by atoms with Gasteiger partial charge < -0.3 is 24.4 Å². The Morgan fingerprint density at radius 2 is 1.85 bits per heavy atom. The molecule has 0 saturated carbocycles. The third kappa shape index (κ3) is 5.12. The Bertz CT molecular complexity index is 1130. The van der Waals surface area contributed by atoms with Crippen LogP contribution in [-0.2, 0) is 23.9 Å². The van der Waals surface area contributed by atoms with E-state index in [-0.39, 0.29) is 31.6 Å². The van der Waals surface area contributed by atoms with Gasteiger partial charge in [0.2, 0.25) is 5.91 Å². The van der Waals surface area contributed by atoms with Crippen LogP contribution in [-0.4, -0.2) is 71.3 Å². The normalized spacial score (nSPS) is 28.4. The number of aryl methyl sites for hydroxylation is 2. The summed E-state index contributed by atoms with van der Waals surface area (Å²) in [4.78, 5) is 45.7. The standard InChI is InChI=1S/C32H44N2O6/c1-6-8-21-39-30(38)25-24-28(36)34(19-11-9-10-12-20-35)27(32(24)17-16-31(25,5)40-32)29(37)33(18-7-2)26-22(3)14-13-15-23(26)4/h6-7,13-15,24-25,27,35H,1-2,8-12,16-21H2,3-5H3/t24-,25+,27?,31-,32?/m0/s1. The number of hydrogen-bond donors (Lipinski definition) is 1. The van der Waals surface area contributed by atoms with Crippen molar-refractivity contribution in [2.75, 3.05) is 31.2 Å². The fraction of sp³-hybridized carbons (Fsp3) is 0.594. The first-order chi connectivity index (χ1) is 19.2. The summed E-state index contributed by atoms with van der Waals surface area (Å²) in [5.41, 5.74) is 0.736. The third-order valence-electron chi connectivity index (χ3n) is 8.93. The lowest BCUT2D eigenvalue weighted by molar-refractivity contribution is -0.159. The van der Waals surface area contributed by atoms with Crippen LogP contribution in [0.25, 0.3) is 0 Å². The van der Waals surface area contributed by atoms with Gasteiger partial charge in [-0.1, -0.05) is 43.2 Å². The number of aliphatic hydroxyl groups is 1. The topological polar surface area (TPSA) is 96.4 Å². The maximum Gasteiger partial charge on any atom is 0.312 e. The molecule has 1 spiro atoms. The summed E-state index contributed by atoms with van der Waals surface area (Å²) in [6.07, 6.45) is 8.03. The van der Waals surface area contributed by atoms with Gasteiger partial charge in [-0.2, -0.15) is 0 Å². The Balaban J connectivity index is 1.74. The molecule has 3 heterocycles. The molecule has 1 aromatic rings. The van der Waals surface area contributed by atoms with Crippen molar-refractivity contribution in [1.82, 2.24) is 4.90 Å². The number of anilines is 1. The number of fused-ring (bicyclic) bond motifs is 1. The van der Waals surface area contributed by atoms with Crippen LogP contribution in [0.5, 0.6) is 0 Å². The maximum absolute atomic E-state index is 14.7. The van der Waals surface area contributed by atoms with Gasteiger partial charge in [-0.3, -0.25) is 14.4 Å². The molecule has 8 heteroatoms. The van der Waals surface area contributed by atoms with E-state index in [0.29, 0.717) is 38.6 Å². The number of rotatable bonds is 14. The maximum atomic E-state index is 14.7. The van der Waals surface area contributed by atoms with Gasteiger partial charge in [0.25, 0.3) is 5.91 Å². The SMILES string of the molecule is C=CCCOC(=O)[C@H]1[C@H]2C(=O)N(CCCCCCO)C(C(=O)N(CC=C)c3c(C)cccc3C)C23CC[C@]1(C)O3. The van der Waals surface area contributed by atoms with E-state index in [9.17, 15) is 19.5 Å². The molecule has 5 atom stereocenters. The van der Waals surface area contributed by atoms with E-state index < -0.39 is 35.0 Å². The number of amides is 2. The zero-order chi connectivity index (χ0) is 29.1. The number of ether oxygens (including phenoxy) is 2. The average Bonchev–Trinajstić information content (AvgIpc) is 3.48.